The highest BCUT2D eigenvalue weighted by Crippen LogP contribution is 2.06. The third-order valence-corrected chi connectivity index (χ3v) is 2.49. The molecule has 19 heavy (non-hydrogen) atoms. The van der Waals surface area contributed by atoms with Crippen molar-refractivity contribution >= 4 is 11.6 Å². The van der Waals surface area contributed by atoms with E-state index in [-0.39, 0.29) is 5.91 Å². The summed E-state index contributed by atoms with van der Waals surface area (Å²) in [6, 6.07) is 5.23. The zero-order valence-corrected chi connectivity index (χ0v) is 10.7. The molecule has 2 heterocycles. The van der Waals surface area contributed by atoms with Crippen LogP contribution in [-0.2, 0) is 6.54 Å². The lowest BCUT2D eigenvalue weighted by Gasteiger charge is -2.05. The van der Waals surface area contributed by atoms with Crippen LogP contribution in [0.15, 0.2) is 35.1 Å². The molecule has 6 heteroatoms. The minimum Gasteiger partial charge on any atom is -0.384 e. The van der Waals surface area contributed by atoms with E-state index < -0.39 is 0 Å². The molecule has 0 spiro atoms. The van der Waals surface area contributed by atoms with Crippen LogP contribution < -0.4 is 10.6 Å². The number of hydrogen-bond donors (Lipinski definition) is 2. The molecule has 0 bridgehead atoms. The Morgan fingerprint density at radius 1 is 1.37 bits per heavy atom. The van der Waals surface area contributed by atoms with Crippen LogP contribution in [-0.4, -0.2) is 22.6 Å². The molecule has 2 aromatic heterocycles. The van der Waals surface area contributed by atoms with Crippen molar-refractivity contribution in [2.24, 2.45) is 0 Å². The topological polar surface area (TPSA) is 80.0 Å². The Balaban J connectivity index is 1.88. The lowest BCUT2D eigenvalue weighted by molar-refractivity contribution is 0.0942. The van der Waals surface area contributed by atoms with Crippen LogP contribution in [0, 0.1) is 0 Å². The van der Waals surface area contributed by atoms with E-state index in [1.54, 1.807) is 18.3 Å². The number of hydrogen-bond acceptors (Lipinski definition) is 5. The number of pyridine rings is 1. The number of carbonyl (C=O) groups excluding carboxylic acids is 1. The number of carbonyl (C=O) groups is 1. The molecule has 2 aromatic rings. The molecule has 0 saturated carbocycles. The molecule has 0 atom stereocenters. The number of nitrogens with zero attached hydrogens (tertiary/aromatic N) is 2. The van der Waals surface area contributed by atoms with Crippen molar-refractivity contribution in [1.82, 2.24) is 15.5 Å². The summed E-state index contributed by atoms with van der Waals surface area (Å²) in [5, 5.41) is 9.47. The van der Waals surface area contributed by atoms with Gasteiger partial charge in [0.05, 0.1) is 24.6 Å². The molecule has 0 aliphatic rings. The molecule has 0 radical (unpaired) electrons. The largest absolute Gasteiger partial charge is 0.384 e. The Morgan fingerprint density at radius 3 is 2.89 bits per heavy atom. The molecule has 0 aliphatic heterocycles. The first-order valence-corrected chi connectivity index (χ1v) is 6.17. The Bertz CT molecular complexity index is 508. The highest BCUT2D eigenvalue weighted by molar-refractivity contribution is 5.92. The maximum Gasteiger partial charge on any atom is 0.270 e. The van der Waals surface area contributed by atoms with E-state index in [9.17, 15) is 4.79 Å². The molecular weight excluding hydrogens is 244 g/mol. The van der Waals surface area contributed by atoms with Crippen molar-refractivity contribution in [3.8, 4) is 0 Å². The lowest BCUT2D eigenvalue weighted by atomic mass is 10.3. The predicted molar refractivity (Wildman–Crippen MR) is 70.7 cm³/mol. The van der Waals surface area contributed by atoms with Gasteiger partial charge in [0, 0.05) is 12.6 Å². The standard InChI is InChI=1S/C13H16N4O2/c1-2-6-14-10-3-4-12(15-8-10)13(18)16-9-11-5-7-17-19-11/h3-5,7-8,14H,2,6,9H2,1H3,(H,16,18). The second-order valence-corrected chi connectivity index (χ2v) is 4.02. The molecule has 6 nitrogen and oxygen atoms in total. The zero-order chi connectivity index (χ0) is 13.5. The highest BCUT2D eigenvalue weighted by Gasteiger charge is 2.07. The van der Waals surface area contributed by atoms with Crippen molar-refractivity contribution in [2.45, 2.75) is 19.9 Å². The average Bonchev–Trinajstić information content (AvgIpc) is 2.96. The number of anilines is 1. The van der Waals surface area contributed by atoms with Crippen LogP contribution in [0.2, 0.25) is 0 Å². The van der Waals surface area contributed by atoms with Gasteiger partial charge in [0.25, 0.3) is 5.91 Å². The maximum absolute atomic E-state index is 11.8. The fraction of sp³-hybridized carbons (Fsp3) is 0.308. The van der Waals surface area contributed by atoms with E-state index >= 15 is 0 Å². The van der Waals surface area contributed by atoms with Gasteiger partial charge < -0.3 is 15.2 Å². The van der Waals surface area contributed by atoms with Crippen molar-refractivity contribution in [3.63, 3.8) is 0 Å². The molecule has 2 N–H and O–H groups in total. The van der Waals surface area contributed by atoms with Crippen molar-refractivity contribution in [3.05, 3.63) is 42.0 Å². The summed E-state index contributed by atoms with van der Waals surface area (Å²) in [7, 11) is 0. The van der Waals surface area contributed by atoms with Crippen molar-refractivity contribution < 1.29 is 9.32 Å². The summed E-state index contributed by atoms with van der Waals surface area (Å²) in [5.74, 6) is 0.369. The van der Waals surface area contributed by atoms with E-state index in [0.717, 1.165) is 18.7 Å². The van der Waals surface area contributed by atoms with Crippen LogP contribution in [0.4, 0.5) is 5.69 Å². The first-order valence-electron chi connectivity index (χ1n) is 6.17. The Labute approximate surface area is 111 Å². The van der Waals surface area contributed by atoms with E-state index in [1.807, 2.05) is 6.07 Å². The first kappa shape index (κ1) is 13.1. The number of rotatable bonds is 6. The Morgan fingerprint density at radius 2 is 2.26 bits per heavy atom. The third kappa shape index (κ3) is 3.80. The minimum atomic E-state index is -0.238. The van der Waals surface area contributed by atoms with Crippen LogP contribution in [0.5, 0.6) is 0 Å². The van der Waals surface area contributed by atoms with Gasteiger partial charge in [0.15, 0.2) is 5.76 Å². The quantitative estimate of drug-likeness (QED) is 0.828. The van der Waals surface area contributed by atoms with Gasteiger partial charge in [-0.1, -0.05) is 12.1 Å². The maximum atomic E-state index is 11.8. The minimum absolute atomic E-state index is 0.238. The molecule has 2 rings (SSSR count). The summed E-state index contributed by atoms with van der Waals surface area (Å²) in [6.07, 6.45) is 4.23. The second-order valence-electron chi connectivity index (χ2n) is 4.02. The SMILES string of the molecule is CCCNc1ccc(C(=O)NCc2ccno2)nc1. The molecular formula is C13H16N4O2. The van der Waals surface area contributed by atoms with Gasteiger partial charge in [-0.15, -0.1) is 0 Å². The molecule has 0 aliphatic carbocycles. The van der Waals surface area contributed by atoms with E-state index in [1.165, 1.54) is 6.20 Å². The van der Waals surface area contributed by atoms with Gasteiger partial charge in [-0.2, -0.15) is 0 Å². The Hall–Kier alpha value is -2.37. The number of nitrogens with one attached hydrogen (secondary N) is 2. The average molecular weight is 260 g/mol. The van der Waals surface area contributed by atoms with Gasteiger partial charge in [-0.25, -0.2) is 4.98 Å². The third-order valence-electron chi connectivity index (χ3n) is 2.49. The predicted octanol–water partition coefficient (Wildman–Crippen LogP) is 1.82. The molecule has 0 unspecified atom stereocenters. The molecule has 1 amide bonds. The summed E-state index contributed by atoms with van der Waals surface area (Å²) < 4.78 is 4.89. The number of aromatic nitrogens is 2. The molecule has 0 fully saturated rings. The van der Waals surface area contributed by atoms with Crippen molar-refractivity contribution in [1.29, 1.82) is 0 Å². The fourth-order valence-electron chi connectivity index (χ4n) is 1.49. The van der Waals surface area contributed by atoms with Gasteiger partial charge >= 0.3 is 0 Å². The van der Waals surface area contributed by atoms with E-state index in [2.05, 4.69) is 27.7 Å². The number of amides is 1. The summed E-state index contributed by atoms with van der Waals surface area (Å²) >= 11 is 0. The fourth-order valence-corrected chi connectivity index (χ4v) is 1.49. The monoisotopic (exact) mass is 260 g/mol. The van der Waals surface area contributed by atoms with E-state index in [0.29, 0.717) is 18.0 Å². The van der Waals surface area contributed by atoms with Gasteiger partial charge in [0.1, 0.15) is 5.69 Å². The van der Waals surface area contributed by atoms with E-state index in [4.69, 9.17) is 4.52 Å². The Kier molecular flexibility index (Phi) is 4.49. The summed E-state index contributed by atoms with van der Waals surface area (Å²) in [6.45, 7) is 3.28. The normalized spacial score (nSPS) is 10.2. The zero-order valence-electron chi connectivity index (χ0n) is 10.7. The summed E-state index contributed by atoms with van der Waals surface area (Å²) in [5.41, 5.74) is 1.29. The smallest absolute Gasteiger partial charge is 0.270 e. The lowest BCUT2D eigenvalue weighted by Crippen LogP contribution is -2.23. The van der Waals surface area contributed by atoms with Gasteiger partial charge in [-0.3, -0.25) is 4.79 Å². The van der Waals surface area contributed by atoms with Crippen molar-refractivity contribution in [2.75, 3.05) is 11.9 Å². The summed E-state index contributed by atoms with van der Waals surface area (Å²) in [4.78, 5) is 15.9. The van der Waals surface area contributed by atoms with Crippen LogP contribution >= 0.6 is 0 Å². The molecule has 0 aromatic carbocycles. The van der Waals surface area contributed by atoms with Gasteiger partial charge in [-0.05, 0) is 18.6 Å². The van der Waals surface area contributed by atoms with Crippen LogP contribution in [0.1, 0.15) is 29.6 Å². The van der Waals surface area contributed by atoms with Crippen LogP contribution in [0.3, 0.4) is 0 Å². The van der Waals surface area contributed by atoms with Crippen LogP contribution in [0.25, 0.3) is 0 Å². The molecule has 0 saturated heterocycles. The second kappa shape index (κ2) is 6.53. The highest BCUT2D eigenvalue weighted by atomic mass is 16.5. The molecule has 100 valence electrons. The van der Waals surface area contributed by atoms with Gasteiger partial charge in [0.2, 0.25) is 0 Å². The first-order chi connectivity index (χ1) is 9.29.